The maximum atomic E-state index is 13.9. The molecule has 0 amide bonds. The summed E-state index contributed by atoms with van der Waals surface area (Å²) in [6.07, 6.45) is -1.89. The molecular formula is C24H20Cl2F4N4O2. The highest BCUT2D eigenvalue weighted by molar-refractivity contribution is 6.30. The molecule has 2 N–H and O–H groups in total. The fourth-order valence-corrected chi connectivity index (χ4v) is 3.70. The topological polar surface area (TPSA) is 92.0 Å². The number of rotatable bonds is 7. The van der Waals surface area contributed by atoms with E-state index in [0.29, 0.717) is 22.1 Å². The molecule has 0 saturated carbocycles. The molecule has 4 rings (SSSR count). The number of aliphatic hydroxyl groups excluding tert-OH is 2. The van der Waals surface area contributed by atoms with E-state index in [2.05, 4.69) is 26.5 Å². The third-order valence-corrected chi connectivity index (χ3v) is 5.38. The average Bonchev–Trinajstić information content (AvgIpc) is 2.83. The third kappa shape index (κ3) is 6.44. The van der Waals surface area contributed by atoms with E-state index in [9.17, 15) is 17.6 Å². The molecule has 0 aliphatic carbocycles. The molecule has 1 atom stereocenters. The van der Waals surface area contributed by atoms with Gasteiger partial charge in [-0.25, -0.2) is 19.9 Å². The fourth-order valence-electron chi connectivity index (χ4n) is 3.16. The highest BCUT2D eigenvalue weighted by Crippen LogP contribution is 2.36. The first-order valence-corrected chi connectivity index (χ1v) is 11.2. The minimum Gasteiger partial charge on any atom is -0.394 e. The first kappa shape index (κ1) is 27.7. The van der Waals surface area contributed by atoms with E-state index in [0.717, 1.165) is 6.08 Å². The van der Waals surface area contributed by atoms with Crippen molar-refractivity contribution in [3.63, 3.8) is 0 Å². The molecule has 12 heteroatoms. The maximum absolute atomic E-state index is 13.9. The number of nitrogens with zero attached hydrogens (tertiary/aromatic N) is 4. The second-order valence-electron chi connectivity index (χ2n) is 7.65. The van der Waals surface area contributed by atoms with Crippen LogP contribution >= 0.6 is 23.2 Å². The van der Waals surface area contributed by atoms with Gasteiger partial charge in [0.15, 0.2) is 10.3 Å². The Morgan fingerprint density at radius 1 is 0.778 bits per heavy atom. The number of para-hydroxylation sites is 4. The number of hydrogen-bond donors (Lipinski definition) is 2. The van der Waals surface area contributed by atoms with Gasteiger partial charge in [0.2, 0.25) is 0 Å². The highest BCUT2D eigenvalue weighted by atomic mass is 35.5. The minimum atomic E-state index is -3.46. The number of hydrogen-bond acceptors (Lipinski definition) is 6. The number of allylic oxidation sites excluding steroid dienone is 1. The van der Waals surface area contributed by atoms with Gasteiger partial charge in [-0.15, -0.1) is 6.58 Å². The summed E-state index contributed by atoms with van der Waals surface area (Å²) in [5, 5.41) is 17.1. The van der Waals surface area contributed by atoms with E-state index in [1.54, 1.807) is 48.5 Å². The largest absolute Gasteiger partial charge is 0.394 e. The molecule has 36 heavy (non-hydrogen) atoms. The fraction of sp³-hybridized carbons (Fsp3) is 0.250. The van der Waals surface area contributed by atoms with Gasteiger partial charge in [-0.05, 0) is 24.3 Å². The molecular weight excluding hydrogens is 523 g/mol. The highest BCUT2D eigenvalue weighted by Gasteiger charge is 2.39. The lowest BCUT2D eigenvalue weighted by molar-refractivity contribution is -0.0639. The third-order valence-electron chi connectivity index (χ3n) is 4.85. The number of benzene rings is 2. The number of aliphatic hydroxyl groups is 2. The lowest BCUT2D eigenvalue weighted by Gasteiger charge is -2.19. The second-order valence-corrected chi connectivity index (χ2v) is 8.36. The molecule has 0 bridgehead atoms. The Morgan fingerprint density at radius 2 is 1.17 bits per heavy atom. The normalized spacial score (nSPS) is 12.8. The smallest absolute Gasteiger partial charge is 0.296 e. The molecule has 0 saturated heterocycles. The first-order chi connectivity index (χ1) is 17.0. The Bertz CT molecular complexity index is 1370. The van der Waals surface area contributed by atoms with E-state index in [1.807, 2.05) is 0 Å². The molecule has 1 unspecified atom stereocenters. The summed E-state index contributed by atoms with van der Waals surface area (Å²) < 4.78 is 55.2. The summed E-state index contributed by atoms with van der Waals surface area (Å²) in [5.41, 5.74) is 0.402. The number of fused-ring (bicyclic) bond motifs is 2. The van der Waals surface area contributed by atoms with Gasteiger partial charge in [-0.1, -0.05) is 53.5 Å². The number of alkyl halides is 4. The molecule has 0 aliphatic rings. The van der Waals surface area contributed by atoms with Crippen molar-refractivity contribution in [3.8, 4) is 0 Å². The summed E-state index contributed by atoms with van der Waals surface area (Å²) in [6, 6.07) is 13.2. The van der Waals surface area contributed by atoms with Crippen LogP contribution in [0.2, 0.25) is 10.3 Å². The van der Waals surface area contributed by atoms with Gasteiger partial charge in [0.1, 0.15) is 11.4 Å². The van der Waals surface area contributed by atoms with Crippen molar-refractivity contribution in [1.82, 2.24) is 19.9 Å². The molecule has 190 valence electrons. The van der Waals surface area contributed by atoms with Crippen molar-refractivity contribution < 1.29 is 27.8 Å². The monoisotopic (exact) mass is 542 g/mol. The van der Waals surface area contributed by atoms with Crippen LogP contribution in [0.15, 0.2) is 61.2 Å². The molecule has 0 fully saturated rings. The van der Waals surface area contributed by atoms with Crippen LogP contribution in [0.4, 0.5) is 17.6 Å². The van der Waals surface area contributed by atoms with Crippen LogP contribution in [0.5, 0.6) is 0 Å². The molecule has 6 nitrogen and oxygen atoms in total. The summed E-state index contributed by atoms with van der Waals surface area (Å²) in [5.74, 6) is -6.61. The van der Waals surface area contributed by atoms with Crippen LogP contribution < -0.4 is 0 Å². The number of halogens is 6. The van der Waals surface area contributed by atoms with Crippen LogP contribution in [0.25, 0.3) is 22.1 Å². The van der Waals surface area contributed by atoms with Gasteiger partial charge in [0.25, 0.3) is 11.8 Å². The van der Waals surface area contributed by atoms with Crippen molar-refractivity contribution in [3.05, 3.63) is 82.9 Å². The maximum Gasteiger partial charge on any atom is 0.296 e. The van der Waals surface area contributed by atoms with Gasteiger partial charge >= 0.3 is 0 Å². The lowest BCUT2D eigenvalue weighted by Crippen LogP contribution is -2.26. The van der Waals surface area contributed by atoms with Gasteiger partial charge < -0.3 is 10.2 Å². The quantitative estimate of drug-likeness (QED) is 0.217. The van der Waals surface area contributed by atoms with E-state index in [1.165, 1.54) is 0 Å². The SMILES string of the molecule is C=CCC(F)(F)c1nc2ccccc2nc1Cl.OCC(O)CC(F)(F)c1nc2ccccc2nc1Cl. The van der Waals surface area contributed by atoms with Crippen molar-refractivity contribution in [2.24, 2.45) is 0 Å². The standard InChI is InChI=1S/C12H11ClF2N2O2.C12H9ClF2N2/c13-11-10(12(14,15)5-7(19)6-18)16-8-3-1-2-4-9(8)17-11;1-2-7-12(14,15)10-11(13)17-9-6-4-3-5-8(9)16-10/h1-4,7,18-19H,5-6H2;2-6H,1,7H2. The summed E-state index contributed by atoms with van der Waals surface area (Å²) in [6.45, 7) is 2.54. The summed E-state index contributed by atoms with van der Waals surface area (Å²) in [7, 11) is 0. The average molecular weight is 543 g/mol. The van der Waals surface area contributed by atoms with E-state index < -0.39 is 53.9 Å². The summed E-state index contributed by atoms with van der Waals surface area (Å²) >= 11 is 11.5. The van der Waals surface area contributed by atoms with Gasteiger partial charge in [-0.2, -0.15) is 17.6 Å². The lowest BCUT2D eigenvalue weighted by atomic mass is 10.1. The zero-order chi connectivity index (χ0) is 26.5. The van der Waals surface area contributed by atoms with E-state index in [4.69, 9.17) is 33.4 Å². The molecule has 2 heterocycles. The summed E-state index contributed by atoms with van der Waals surface area (Å²) in [4.78, 5) is 15.4. The Kier molecular flexibility index (Phi) is 8.78. The van der Waals surface area contributed by atoms with Crippen LogP contribution in [0, 0.1) is 0 Å². The molecule has 0 spiro atoms. The Labute approximate surface area is 213 Å². The van der Waals surface area contributed by atoms with Crippen molar-refractivity contribution in [2.75, 3.05) is 6.61 Å². The van der Waals surface area contributed by atoms with Crippen molar-refractivity contribution in [2.45, 2.75) is 30.8 Å². The van der Waals surface area contributed by atoms with Crippen molar-refractivity contribution in [1.29, 1.82) is 0 Å². The zero-order valence-corrected chi connectivity index (χ0v) is 20.1. The Balaban J connectivity index is 0.000000202. The van der Waals surface area contributed by atoms with E-state index in [-0.39, 0.29) is 5.15 Å². The molecule has 2 aromatic heterocycles. The molecule has 0 aliphatic heterocycles. The molecule has 2 aromatic carbocycles. The minimum absolute atomic E-state index is 0.268. The Morgan fingerprint density at radius 3 is 1.56 bits per heavy atom. The van der Waals surface area contributed by atoms with Gasteiger partial charge in [-0.3, -0.25) is 0 Å². The second kappa shape index (κ2) is 11.4. The van der Waals surface area contributed by atoms with Gasteiger partial charge in [0, 0.05) is 12.8 Å². The molecule has 0 radical (unpaired) electrons. The van der Waals surface area contributed by atoms with Crippen LogP contribution in [-0.4, -0.2) is 42.9 Å². The van der Waals surface area contributed by atoms with Crippen LogP contribution in [-0.2, 0) is 11.8 Å². The van der Waals surface area contributed by atoms with Crippen LogP contribution in [0.1, 0.15) is 24.2 Å². The predicted molar refractivity (Wildman–Crippen MR) is 129 cm³/mol. The number of aromatic nitrogens is 4. The van der Waals surface area contributed by atoms with E-state index >= 15 is 0 Å². The van der Waals surface area contributed by atoms with Crippen molar-refractivity contribution >= 4 is 45.3 Å². The predicted octanol–water partition coefficient (Wildman–Crippen LogP) is 6.07. The first-order valence-electron chi connectivity index (χ1n) is 10.5. The van der Waals surface area contributed by atoms with Crippen LogP contribution in [0.3, 0.4) is 0 Å². The van der Waals surface area contributed by atoms with Gasteiger partial charge in [0.05, 0.1) is 34.8 Å². The molecule has 4 aromatic rings. The zero-order valence-electron chi connectivity index (χ0n) is 18.6. The Hall–Kier alpha value is -2.92.